The maximum Gasteiger partial charge on any atom is 0.320 e. The highest BCUT2D eigenvalue weighted by Crippen LogP contribution is 2.20. The van der Waals surface area contributed by atoms with Crippen LogP contribution < -0.4 is 10.6 Å². The lowest BCUT2D eigenvalue weighted by Crippen LogP contribution is -2.46. The van der Waals surface area contributed by atoms with Gasteiger partial charge in [-0.05, 0) is 39.3 Å². The summed E-state index contributed by atoms with van der Waals surface area (Å²) in [5.74, 6) is 0. The molecule has 1 aromatic rings. The molecule has 16 heavy (non-hydrogen) atoms. The normalized spacial score (nSPS) is 11.2. The van der Waals surface area contributed by atoms with Gasteiger partial charge < -0.3 is 10.4 Å². The van der Waals surface area contributed by atoms with E-state index in [-0.39, 0.29) is 12.6 Å². The number of urea groups is 1. The maximum atomic E-state index is 11.6. The van der Waals surface area contributed by atoms with Crippen LogP contribution >= 0.6 is 11.3 Å². The molecule has 0 spiro atoms. The molecule has 3 N–H and O–H groups in total. The van der Waals surface area contributed by atoms with E-state index in [1.807, 2.05) is 32.9 Å². The highest BCUT2D eigenvalue weighted by Gasteiger charge is 2.19. The molecule has 0 unspecified atom stereocenters. The molecule has 5 heteroatoms. The zero-order chi connectivity index (χ0) is 12.2. The Kier molecular flexibility index (Phi) is 4.32. The Morgan fingerprint density at radius 3 is 2.69 bits per heavy atom. The van der Waals surface area contributed by atoms with E-state index in [0.29, 0.717) is 6.42 Å². The van der Waals surface area contributed by atoms with Crippen molar-refractivity contribution in [2.45, 2.75) is 32.7 Å². The first-order valence-electron chi connectivity index (χ1n) is 5.19. The number of rotatable bonds is 4. The smallest absolute Gasteiger partial charge is 0.320 e. The third-order valence-corrected chi connectivity index (χ3v) is 3.08. The van der Waals surface area contributed by atoms with Gasteiger partial charge in [-0.25, -0.2) is 4.79 Å². The molecule has 1 aromatic heterocycles. The first-order valence-corrected chi connectivity index (χ1v) is 6.01. The zero-order valence-corrected chi connectivity index (χ0v) is 10.6. The first-order chi connectivity index (χ1) is 7.43. The largest absolute Gasteiger partial charge is 0.396 e. The summed E-state index contributed by atoms with van der Waals surface area (Å²) in [4.78, 5) is 12.8. The Balaban J connectivity index is 2.47. The predicted molar refractivity (Wildman–Crippen MR) is 67.0 cm³/mol. The number of aliphatic hydroxyl groups is 1. The number of carbonyl (C=O) groups excluding carboxylic acids is 1. The topological polar surface area (TPSA) is 61.4 Å². The van der Waals surface area contributed by atoms with Gasteiger partial charge in [-0.2, -0.15) is 0 Å². The summed E-state index contributed by atoms with van der Waals surface area (Å²) in [5, 5.41) is 15.2. The molecule has 0 radical (unpaired) electrons. The molecule has 0 saturated heterocycles. The molecule has 0 atom stereocenters. The third-order valence-electron chi connectivity index (χ3n) is 2.17. The lowest BCUT2D eigenvalue weighted by molar-refractivity contribution is 0.218. The Labute approximate surface area is 99.7 Å². The highest BCUT2D eigenvalue weighted by atomic mass is 32.1. The summed E-state index contributed by atoms with van der Waals surface area (Å²) in [7, 11) is 0. The molecular weight excluding hydrogens is 224 g/mol. The molecular formula is C11H18N2O2S. The van der Waals surface area contributed by atoms with Crippen LogP contribution in [-0.2, 0) is 0 Å². The highest BCUT2D eigenvalue weighted by molar-refractivity contribution is 7.16. The minimum atomic E-state index is -0.398. The number of aryl methyl sites for hydroxylation is 1. The second-order valence-corrected chi connectivity index (χ2v) is 5.63. The molecule has 2 amide bonds. The second-order valence-electron chi connectivity index (χ2n) is 4.35. The molecule has 0 aliphatic heterocycles. The fourth-order valence-corrected chi connectivity index (χ4v) is 2.06. The molecule has 1 heterocycles. The fraction of sp³-hybridized carbons (Fsp3) is 0.545. The standard InChI is InChI=1S/C11H18N2O2S/c1-8-4-5-9(16-8)12-10(15)13-11(2,3)6-7-14/h4-5,14H,6-7H2,1-3H3,(H2,12,13,15). The monoisotopic (exact) mass is 242 g/mol. The van der Waals surface area contributed by atoms with Crippen molar-refractivity contribution in [2.75, 3.05) is 11.9 Å². The van der Waals surface area contributed by atoms with Gasteiger partial charge in [0.25, 0.3) is 0 Å². The van der Waals surface area contributed by atoms with Crippen molar-refractivity contribution in [1.82, 2.24) is 5.32 Å². The summed E-state index contributed by atoms with van der Waals surface area (Å²) >= 11 is 1.53. The van der Waals surface area contributed by atoms with Crippen molar-refractivity contribution >= 4 is 22.4 Å². The number of hydrogen-bond acceptors (Lipinski definition) is 3. The van der Waals surface area contributed by atoms with Crippen molar-refractivity contribution in [2.24, 2.45) is 0 Å². The predicted octanol–water partition coefficient (Wildman–Crippen LogP) is 2.34. The van der Waals surface area contributed by atoms with Crippen molar-refractivity contribution in [3.8, 4) is 0 Å². The maximum absolute atomic E-state index is 11.6. The number of aliphatic hydroxyl groups excluding tert-OH is 1. The molecule has 0 aliphatic carbocycles. The SMILES string of the molecule is Cc1ccc(NC(=O)NC(C)(C)CCO)s1. The van der Waals surface area contributed by atoms with Crippen LogP contribution in [0.2, 0.25) is 0 Å². The Bertz CT molecular complexity index is 361. The van der Waals surface area contributed by atoms with Gasteiger partial charge in [-0.1, -0.05) is 0 Å². The fourth-order valence-electron chi connectivity index (χ4n) is 1.29. The van der Waals surface area contributed by atoms with Gasteiger partial charge in [0.1, 0.15) is 0 Å². The van der Waals surface area contributed by atoms with Gasteiger partial charge in [-0.3, -0.25) is 5.32 Å². The Hall–Kier alpha value is -1.07. The number of anilines is 1. The van der Waals surface area contributed by atoms with Crippen molar-refractivity contribution in [1.29, 1.82) is 0 Å². The molecule has 4 nitrogen and oxygen atoms in total. The van der Waals surface area contributed by atoms with E-state index in [0.717, 1.165) is 9.88 Å². The van der Waals surface area contributed by atoms with Gasteiger partial charge in [-0.15, -0.1) is 11.3 Å². The van der Waals surface area contributed by atoms with E-state index in [1.165, 1.54) is 11.3 Å². The van der Waals surface area contributed by atoms with E-state index < -0.39 is 5.54 Å². The van der Waals surface area contributed by atoms with Crippen LogP contribution in [0.4, 0.5) is 9.80 Å². The minimum Gasteiger partial charge on any atom is -0.396 e. The second kappa shape index (κ2) is 5.32. The molecule has 0 fully saturated rings. The van der Waals surface area contributed by atoms with E-state index in [1.54, 1.807) is 0 Å². The number of nitrogens with one attached hydrogen (secondary N) is 2. The van der Waals surface area contributed by atoms with E-state index >= 15 is 0 Å². The summed E-state index contributed by atoms with van der Waals surface area (Å²) in [6, 6.07) is 3.60. The Morgan fingerprint density at radius 1 is 1.50 bits per heavy atom. The van der Waals surface area contributed by atoms with Crippen molar-refractivity contribution in [3.63, 3.8) is 0 Å². The third kappa shape index (κ3) is 4.20. The van der Waals surface area contributed by atoms with E-state index in [4.69, 9.17) is 5.11 Å². The van der Waals surface area contributed by atoms with Crippen molar-refractivity contribution in [3.05, 3.63) is 17.0 Å². The van der Waals surface area contributed by atoms with Crippen LogP contribution in [0.5, 0.6) is 0 Å². The number of hydrogen-bond donors (Lipinski definition) is 3. The zero-order valence-electron chi connectivity index (χ0n) is 9.83. The summed E-state index contributed by atoms with van der Waals surface area (Å²) in [5.41, 5.74) is -0.398. The molecule has 1 rings (SSSR count). The molecule has 0 saturated carbocycles. The summed E-state index contributed by atoms with van der Waals surface area (Å²) < 4.78 is 0. The quantitative estimate of drug-likeness (QED) is 0.759. The van der Waals surface area contributed by atoms with Crippen LogP contribution in [0.1, 0.15) is 25.1 Å². The van der Waals surface area contributed by atoms with Crippen LogP contribution in [0.15, 0.2) is 12.1 Å². The Morgan fingerprint density at radius 2 is 2.19 bits per heavy atom. The van der Waals surface area contributed by atoms with Gasteiger partial charge >= 0.3 is 6.03 Å². The van der Waals surface area contributed by atoms with Crippen LogP contribution in [-0.4, -0.2) is 23.3 Å². The van der Waals surface area contributed by atoms with Gasteiger partial charge in [0.15, 0.2) is 0 Å². The van der Waals surface area contributed by atoms with Crippen LogP contribution in [0.3, 0.4) is 0 Å². The van der Waals surface area contributed by atoms with Crippen LogP contribution in [0, 0.1) is 6.92 Å². The number of thiophene rings is 1. The summed E-state index contributed by atoms with van der Waals surface area (Å²) in [6.45, 7) is 5.81. The van der Waals surface area contributed by atoms with E-state index in [2.05, 4.69) is 10.6 Å². The number of amides is 2. The molecule has 0 aromatic carbocycles. The average Bonchev–Trinajstić information content (AvgIpc) is 2.49. The summed E-state index contributed by atoms with van der Waals surface area (Å²) in [6.07, 6.45) is 0.532. The lowest BCUT2D eigenvalue weighted by atomic mass is 10.0. The van der Waals surface area contributed by atoms with Crippen molar-refractivity contribution < 1.29 is 9.90 Å². The molecule has 0 aliphatic rings. The first kappa shape index (κ1) is 13.0. The van der Waals surface area contributed by atoms with Gasteiger partial charge in [0.05, 0.1) is 5.00 Å². The van der Waals surface area contributed by atoms with Crippen LogP contribution in [0.25, 0.3) is 0 Å². The molecule has 0 bridgehead atoms. The average molecular weight is 242 g/mol. The minimum absolute atomic E-state index is 0.0609. The lowest BCUT2D eigenvalue weighted by Gasteiger charge is -2.25. The molecule has 90 valence electrons. The number of carbonyl (C=O) groups is 1. The van der Waals surface area contributed by atoms with Gasteiger partial charge in [0.2, 0.25) is 0 Å². The van der Waals surface area contributed by atoms with Gasteiger partial charge in [0, 0.05) is 17.0 Å². The van der Waals surface area contributed by atoms with E-state index in [9.17, 15) is 4.79 Å².